The van der Waals surface area contributed by atoms with E-state index in [4.69, 9.17) is 0 Å². The molecule has 1 aromatic carbocycles. The maximum Gasteiger partial charge on any atom is 0.309 e. The molecule has 3 heteroatoms. The Balaban J connectivity index is 2.30. The van der Waals surface area contributed by atoms with E-state index in [1.807, 2.05) is 0 Å². The Morgan fingerprint density at radius 2 is 2.00 bits per heavy atom. The standard InChI is InChI=1S/C15H19BrO2/c1-15(2,14(17)18)9-10-7-11-5-3-4-6-12(11)13(16)8-10/h7-8H,3-6,9H2,1-2H3,(H,17,18). The maximum absolute atomic E-state index is 11.2. The van der Waals surface area contributed by atoms with Crippen LogP contribution in [-0.2, 0) is 24.1 Å². The first-order chi connectivity index (χ1) is 8.40. The fraction of sp³-hybridized carbons (Fsp3) is 0.533. The molecule has 0 radical (unpaired) electrons. The van der Waals surface area contributed by atoms with Crippen LogP contribution in [-0.4, -0.2) is 11.1 Å². The lowest BCUT2D eigenvalue weighted by Gasteiger charge is -2.22. The predicted octanol–water partition coefficient (Wildman–Crippen LogP) is 3.98. The van der Waals surface area contributed by atoms with E-state index >= 15 is 0 Å². The Morgan fingerprint density at radius 3 is 2.67 bits per heavy atom. The maximum atomic E-state index is 11.2. The number of hydrogen-bond donors (Lipinski definition) is 1. The fourth-order valence-electron chi connectivity index (χ4n) is 2.56. The van der Waals surface area contributed by atoms with Gasteiger partial charge in [-0.2, -0.15) is 0 Å². The first-order valence-corrected chi connectivity index (χ1v) is 7.23. The summed E-state index contributed by atoms with van der Waals surface area (Å²) in [6, 6.07) is 4.29. The van der Waals surface area contributed by atoms with Crippen LogP contribution in [0.4, 0.5) is 0 Å². The van der Waals surface area contributed by atoms with Crippen molar-refractivity contribution in [3.05, 3.63) is 33.3 Å². The molecular formula is C15H19BrO2. The summed E-state index contributed by atoms with van der Waals surface area (Å²) in [6.07, 6.45) is 5.33. The molecule has 2 rings (SSSR count). The van der Waals surface area contributed by atoms with Gasteiger partial charge in [-0.1, -0.05) is 22.0 Å². The van der Waals surface area contributed by atoms with Crippen LogP contribution in [0.5, 0.6) is 0 Å². The second kappa shape index (κ2) is 5.04. The summed E-state index contributed by atoms with van der Waals surface area (Å²) in [4.78, 5) is 11.2. The lowest BCUT2D eigenvalue weighted by molar-refractivity contribution is -0.146. The average molecular weight is 311 g/mol. The highest BCUT2D eigenvalue weighted by Crippen LogP contribution is 2.32. The lowest BCUT2D eigenvalue weighted by atomic mass is 9.83. The summed E-state index contributed by atoms with van der Waals surface area (Å²) in [5.41, 5.74) is 3.22. The van der Waals surface area contributed by atoms with Crippen LogP contribution in [0.1, 0.15) is 43.4 Å². The number of carboxylic acid groups (broad SMARTS) is 1. The Labute approximate surface area is 117 Å². The number of hydrogen-bond acceptors (Lipinski definition) is 1. The molecule has 18 heavy (non-hydrogen) atoms. The van der Waals surface area contributed by atoms with Gasteiger partial charge in [0.15, 0.2) is 0 Å². The van der Waals surface area contributed by atoms with E-state index in [2.05, 4.69) is 28.1 Å². The van der Waals surface area contributed by atoms with Crippen molar-refractivity contribution < 1.29 is 9.90 Å². The van der Waals surface area contributed by atoms with E-state index in [0.717, 1.165) is 22.9 Å². The van der Waals surface area contributed by atoms with E-state index in [1.54, 1.807) is 13.8 Å². The molecule has 0 atom stereocenters. The van der Waals surface area contributed by atoms with Crippen LogP contribution < -0.4 is 0 Å². The van der Waals surface area contributed by atoms with Gasteiger partial charge in [-0.3, -0.25) is 4.79 Å². The van der Waals surface area contributed by atoms with Gasteiger partial charge in [0.05, 0.1) is 5.41 Å². The average Bonchev–Trinajstić information content (AvgIpc) is 2.28. The molecule has 0 saturated heterocycles. The van der Waals surface area contributed by atoms with Crippen LogP contribution in [0.3, 0.4) is 0 Å². The number of carbonyl (C=O) groups is 1. The summed E-state index contributed by atoms with van der Waals surface area (Å²) >= 11 is 3.63. The summed E-state index contributed by atoms with van der Waals surface area (Å²) in [7, 11) is 0. The monoisotopic (exact) mass is 310 g/mol. The molecule has 0 spiro atoms. The van der Waals surface area contributed by atoms with Crippen LogP contribution in [0.15, 0.2) is 16.6 Å². The van der Waals surface area contributed by atoms with Crippen molar-refractivity contribution in [1.82, 2.24) is 0 Å². The Morgan fingerprint density at radius 1 is 1.33 bits per heavy atom. The number of rotatable bonds is 3. The Hall–Kier alpha value is -0.830. The smallest absolute Gasteiger partial charge is 0.309 e. The van der Waals surface area contributed by atoms with Crippen molar-refractivity contribution in [2.75, 3.05) is 0 Å². The number of carboxylic acids is 1. The van der Waals surface area contributed by atoms with E-state index in [0.29, 0.717) is 6.42 Å². The van der Waals surface area contributed by atoms with E-state index < -0.39 is 11.4 Å². The van der Waals surface area contributed by atoms with Crippen LogP contribution in [0, 0.1) is 5.41 Å². The zero-order valence-electron chi connectivity index (χ0n) is 10.9. The quantitative estimate of drug-likeness (QED) is 0.917. The molecule has 1 aliphatic rings. The molecule has 1 N–H and O–H groups in total. The highest BCUT2D eigenvalue weighted by atomic mass is 79.9. The van der Waals surface area contributed by atoms with Gasteiger partial charge in [0.2, 0.25) is 0 Å². The van der Waals surface area contributed by atoms with Gasteiger partial charge in [-0.25, -0.2) is 0 Å². The number of aliphatic carboxylic acids is 1. The molecule has 0 unspecified atom stereocenters. The van der Waals surface area contributed by atoms with Crippen molar-refractivity contribution in [2.24, 2.45) is 5.41 Å². The minimum atomic E-state index is -0.739. The van der Waals surface area contributed by atoms with Gasteiger partial charge < -0.3 is 5.11 Å². The van der Waals surface area contributed by atoms with E-state index in [1.165, 1.54) is 24.0 Å². The van der Waals surface area contributed by atoms with Gasteiger partial charge in [-0.05, 0) is 68.7 Å². The first kappa shape index (κ1) is 13.6. The molecule has 2 nitrogen and oxygen atoms in total. The fourth-order valence-corrected chi connectivity index (χ4v) is 3.31. The highest BCUT2D eigenvalue weighted by molar-refractivity contribution is 9.10. The van der Waals surface area contributed by atoms with Gasteiger partial charge >= 0.3 is 5.97 Å². The van der Waals surface area contributed by atoms with Gasteiger partial charge in [0.1, 0.15) is 0 Å². The number of halogens is 1. The van der Waals surface area contributed by atoms with Crippen molar-refractivity contribution in [3.63, 3.8) is 0 Å². The SMILES string of the molecule is CC(C)(Cc1cc(Br)c2c(c1)CCCC2)C(=O)O. The molecule has 0 fully saturated rings. The van der Waals surface area contributed by atoms with Crippen LogP contribution in [0.2, 0.25) is 0 Å². The minimum absolute atomic E-state index is 0.578. The molecule has 0 heterocycles. The summed E-state index contributed by atoms with van der Waals surface area (Å²) in [5, 5.41) is 9.20. The molecule has 0 aromatic heterocycles. The zero-order valence-corrected chi connectivity index (χ0v) is 12.5. The normalized spacial score (nSPS) is 15.3. The minimum Gasteiger partial charge on any atom is -0.481 e. The molecule has 1 aliphatic carbocycles. The number of fused-ring (bicyclic) bond motifs is 1. The van der Waals surface area contributed by atoms with E-state index in [9.17, 15) is 9.90 Å². The third-order valence-corrected chi connectivity index (χ3v) is 4.40. The Kier molecular flexibility index (Phi) is 3.81. The first-order valence-electron chi connectivity index (χ1n) is 6.44. The van der Waals surface area contributed by atoms with Crippen molar-refractivity contribution in [3.8, 4) is 0 Å². The largest absolute Gasteiger partial charge is 0.481 e. The van der Waals surface area contributed by atoms with Gasteiger partial charge in [-0.15, -0.1) is 0 Å². The predicted molar refractivity (Wildman–Crippen MR) is 75.9 cm³/mol. The van der Waals surface area contributed by atoms with Gasteiger partial charge in [0, 0.05) is 4.47 Å². The van der Waals surface area contributed by atoms with Crippen LogP contribution >= 0.6 is 15.9 Å². The van der Waals surface area contributed by atoms with Crippen molar-refractivity contribution in [2.45, 2.75) is 46.0 Å². The Bertz CT molecular complexity index is 478. The summed E-state index contributed by atoms with van der Waals surface area (Å²) in [5.74, 6) is -0.739. The molecular weight excluding hydrogens is 292 g/mol. The third-order valence-electron chi connectivity index (χ3n) is 3.70. The molecule has 0 bridgehead atoms. The van der Waals surface area contributed by atoms with Crippen LogP contribution in [0.25, 0.3) is 0 Å². The molecule has 1 aromatic rings. The van der Waals surface area contributed by atoms with Crippen molar-refractivity contribution in [1.29, 1.82) is 0 Å². The molecule has 0 aliphatic heterocycles. The second-order valence-corrected chi connectivity index (χ2v) is 6.64. The zero-order chi connectivity index (χ0) is 13.3. The second-order valence-electron chi connectivity index (χ2n) is 5.79. The molecule has 98 valence electrons. The lowest BCUT2D eigenvalue weighted by Crippen LogP contribution is -2.26. The van der Waals surface area contributed by atoms with Gasteiger partial charge in [0.25, 0.3) is 0 Å². The summed E-state index contributed by atoms with van der Waals surface area (Å²) < 4.78 is 1.15. The topological polar surface area (TPSA) is 37.3 Å². The molecule has 0 amide bonds. The van der Waals surface area contributed by atoms with E-state index in [-0.39, 0.29) is 0 Å². The van der Waals surface area contributed by atoms with Crippen molar-refractivity contribution >= 4 is 21.9 Å². The third kappa shape index (κ3) is 2.77. The number of aryl methyl sites for hydroxylation is 1. The summed E-state index contributed by atoms with van der Waals surface area (Å²) in [6.45, 7) is 3.56. The highest BCUT2D eigenvalue weighted by Gasteiger charge is 2.28. The molecule has 0 saturated carbocycles. The number of benzene rings is 1.